The van der Waals surface area contributed by atoms with Gasteiger partial charge in [-0.3, -0.25) is 9.69 Å². The van der Waals surface area contributed by atoms with Crippen LogP contribution in [0.15, 0.2) is 36.4 Å². The molecule has 0 bridgehead atoms. The molecule has 0 saturated carbocycles. The Morgan fingerprint density at radius 3 is 2.78 bits per heavy atom. The van der Waals surface area contributed by atoms with Crippen molar-refractivity contribution in [2.75, 3.05) is 33.3 Å². The summed E-state index contributed by atoms with van der Waals surface area (Å²) in [5, 5.41) is 0. The van der Waals surface area contributed by atoms with Crippen LogP contribution in [-0.2, 0) is 6.54 Å². The Balaban J connectivity index is 1.58. The molecule has 1 aliphatic heterocycles. The lowest BCUT2D eigenvalue weighted by Crippen LogP contribution is -2.34. The van der Waals surface area contributed by atoms with Crippen LogP contribution in [0.2, 0.25) is 0 Å². The number of aromatic nitrogens is 1. The molecule has 0 aliphatic carbocycles. The van der Waals surface area contributed by atoms with Gasteiger partial charge in [-0.25, -0.2) is 0 Å². The van der Waals surface area contributed by atoms with Crippen LogP contribution in [0, 0.1) is 0 Å². The van der Waals surface area contributed by atoms with Crippen LogP contribution in [-0.4, -0.2) is 53.4 Å². The van der Waals surface area contributed by atoms with E-state index in [0.717, 1.165) is 39.1 Å². The highest BCUT2D eigenvalue weighted by molar-refractivity contribution is 7.08. The van der Waals surface area contributed by atoms with Gasteiger partial charge in [0, 0.05) is 38.8 Å². The molecule has 1 amide bonds. The molecular weight excluding hydrogens is 310 g/mol. The van der Waals surface area contributed by atoms with E-state index in [4.69, 9.17) is 4.74 Å². The summed E-state index contributed by atoms with van der Waals surface area (Å²) < 4.78 is 9.17. The molecule has 5 nitrogen and oxygen atoms in total. The number of carbonyl (C=O) groups excluding carboxylic acids is 1. The van der Waals surface area contributed by atoms with Gasteiger partial charge in [-0.15, -0.1) is 0 Å². The third-order valence-electron chi connectivity index (χ3n) is 4.03. The van der Waals surface area contributed by atoms with Gasteiger partial charge in [0.2, 0.25) is 5.88 Å². The summed E-state index contributed by atoms with van der Waals surface area (Å²) in [7, 11) is 1.57. The predicted octanol–water partition coefficient (Wildman–Crippen LogP) is 2.50. The second-order valence-corrected chi connectivity index (χ2v) is 6.45. The Morgan fingerprint density at radius 1 is 1.22 bits per heavy atom. The van der Waals surface area contributed by atoms with Crippen molar-refractivity contribution in [3.63, 3.8) is 0 Å². The van der Waals surface area contributed by atoms with E-state index in [1.54, 1.807) is 13.2 Å². The van der Waals surface area contributed by atoms with Crippen molar-refractivity contribution in [3.05, 3.63) is 46.8 Å². The topological polar surface area (TPSA) is 45.7 Å². The molecule has 1 aromatic heterocycles. The van der Waals surface area contributed by atoms with Gasteiger partial charge < -0.3 is 9.64 Å². The van der Waals surface area contributed by atoms with Gasteiger partial charge in [-0.1, -0.05) is 30.3 Å². The third-order valence-corrected chi connectivity index (χ3v) is 4.79. The Bertz CT molecular complexity index is 644. The maximum atomic E-state index is 12.6. The molecule has 1 aromatic carbocycles. The summed E-state index contributed by atoms with van der Waals surface area (Å²) in [4.78, 5) is 17.6. The highest BCUT2D eigenvalue weighted by atomic mass is 32.1. The van der Waals surface area contributed by atoms with Gasteiger partial charge in [0.15, 0.2) is 0 Å². The molecule has 0 spiro atoms. The number of methoxy groups -OCH3 is 1. The fourth-order valence-corrected chi connectivity index (χ4v) is 3.46. The summed E-state index contributed by atoms with van der Waals surface area (Å²) in [6, 6.07) is 12.2. The fraction of sp³-hybridized carbons (Fsp3) is 0.412. The Labute approximate surface area is 140 Å². The highest BCUT2D eigenvalue weighted by Gasteiger charge is 2.22. The van der Waals surface area contributed by atoms with Gasteiger partial charge in [-0.2, -0.15) is 4.37 Å². The molecule has 2 aromatic rings. The standard InChI is InChI=1S/C17H21N3O2S/c1-22-16-12-15(23-18-16)17(21)20-9-5-8-19(10-11-20)13-14-6-3-2-4-7-14/h2-4,6-7,12H,5,8-11,13H2,1H3. The first kappa shape index (κ1) is 16.0. The van der Waals surface area contributed by atoms with Crippen molar-refractivity contribution < 1.29 is 9.53 Å². The molecule has 1 fully saturated rings. The van der Waals surface area contributed by atoms with Crippen molar-refractivity contribution in [1.82, 2.24) is 14.2 Å². The lowest BCUT2D eigenvalue weighted by atomic mass is 10.2. The first-order chi connectivity index (χ1) is 11.3. The molecule has 6 heteroatoms. The number of amides is 1. The highest BCUT2D eigenvalue weighted by Crippen LogP contribution is 2.19. The zero-order valence-electron chi connectivity index (χ0n) is 13.3. The minimum atomic E-state index is 0.0624. The van der Waals surface area contributed by atoms with Gasteiger partial charge in [0.05, 0.1) is 7.11 Å². The minimum absolute atomic E-state index is 0.0624. The quantitative estimate of drug-likeness (QED) is 0.863. The van der Waals surface area contributed by atoms with Crippen molar-refractivity contribution in [2.45, 2.75) is 13.0 Å². The second-order valence-electron chi connectivity index (χ2n) is 5.64. The Kier molecular flexibility index (Phi) is 5.25. The molecule has 0 unspecified atom stereocenters. The van der Waals surface area contributed by atoms with E-state index < -0.39 is 0 Å². The lowest BCUT2D eigenvalue weighted by molar-refractivity contribution is 0.0765. The Hall–Kier alpha value is -1.92. The number of nitrogens with zero attached hydrogens (tertiary/aromatic N) is 3. The molecule has 23 heavy (non-hydrogen) atoms. The normalized spacial score (nSPS) is 16.1. The van der Waals surface area contributed by atoms with Gasteiger partial charge in [0.1, 0.15) is 4.88 Å². The summed E-state index contributed by atoms with van der Waals surface area (Å²) in [5.74, 6) is 0.575. The summed E-state index contributed by atoms with van der Waals surface area (Å²) in [6.07, 6.45) is 0.995. The first-order valence-electron chi connectivity index (χ1n) is 7.82. The van der Waals surface area contributed by atoms with Crippen LogP contribution in [0.1, 0.15) is 21.7 Å². The number of ether oxygens (including phenoxy) is 1. The third kappa shape index (κ3) is 4.09. The van der Waals surface area contributed by atoms with E-state index in [-0.39, 0.29) is 5.91 Å². The van der Waals surface area contributed by atoms with Crippen LogP contribution in [0.25, 0.3) is 0 Å². The molecule has 0 radical (unpaired) electrons. The molecule has 1 aliphatic rings. The maximum absolute atomic E-state index is 12.6. The van der Waals surface area contributed by atoms with E-state index in [2.05, 4.69) is 33.5 Å². The van der Waals surface area contributed by atoms with E-state index in [0.29, 0.717) is 10.8 Å². The summed E-state index contributed by atoms with van der Waals surface area (Å²) in [6.45, 7) is 4.41. The molecule has 2 heterocycles. The van der Waals surface area contributed by atoms with E-state index in [9.17, 15) is 4.79 Å². The van der Waals surface area contributed by atoms with Crippen LogP contribution in [0.3, 0.4) is 0 Å². The van der Waals surface area contributed by atoms with Crippen LogP contribution in [0.4, 0.5) is 0 Å². The zero-order chi connectivity index (χ0) is 16.1. The van der Waals surface area contributed by atoms with E-state index in [1.165, 1.54) is 17.1 Å². The van der Waals surface area contributed by atoms with Gasteiger partial charge in [0.25, 0.3) is 5.91 Å². The van der Waals surface area contributed by atoms with Crippen molar-refractivity contribution in [3.8, 4) is 5.88 Å². The van der Waals surface area contributed by atoms with Crippen LogP contribution >= 0.6 is 11.5 Å². The van der Waals surface area contributed by atoms with E-state index >= 15 is 0 Å². The number of rotatable bonds is 4. The summed E-state index contributed by atoms with van der Waals surface area (Å²) in [5.41, 5.74) is 1.32. The van der Waals surface area contributed by atoms with Crippen molar-refractivity contribution in [2.24, 2.45) is 0 Å². The predicted molar refractivity (Wildman–Crippen MR) is 90.9 cm³/mol. The molecule has 0 N–H and O–H groups in total. The smallest absolute Gasteiger partial charge is 0.265 e. The molecule has 122 valence electrons. The summed E-state index contributed by atoms with van der Waals surface area (Å²) >= 11 is 1.21. The van der Waals surface area contributed by atoms with Crippen molar-refractivity contribution in [1.29, 1.82) is 0 Å². The second kappa shape index (κ2) is 7.57. The number of benzene rings is 1. The van der Waals surface area contributed by atoms with Crippen LogP contribution < -0.4 is 4.74 Å². The number of hydrogen-bond donors (Lipinski definition) is 0. The maximum Gasteiger partial charge on any atom is 0.265 e. The largest absolute Gasteiger partial charge is 0.480 e. The SMILES string of the molecule is COc1cc(C(=O)N2CCCN(Cc3ccccc3)CC2)sn1. The average molecular weight is 331 g/mol. The lowest BCUT2D eigenvalue weighted by Gasteiger charge is -2.21. The molecule has 1 saturated heterocycles. The average Bonchev–Trinajstić information content (AvgIpc) is 2.95. The number of carbonyl (C=O) groups is 1. The minimum Gasteiger partial charge on any atom is -0.480 e. The number of hydrogen-bond acceptors (Lipinski definition) is 5. The molecular formula is C17H21N3O2S. The molecule has 3 rings (SSSR count). The van der Waals surface area contributed by atoms with Crippen LogP contribution in [0.5, 0.6) is 5.88 Å². The van der Waals surface area contributed by atoms with Gasteiger partial charge in [-0.05, 0) is 23.5 Å². The monoisotopic (exact) mass is 331 g/mol. The fourth-order valence-electron chi connectivity index (χ4n) is 2.79. The van der Waals surface area contributed by atoms with Gasteiger partial charge >= 0.3 is 0 Å². The van der Waals surface area contributed by atoms with E-state index in [1.807, 2.05) is 11.0 Å². The molecule has 0 atom stereocenters. The van der Waals surface area contributed by atoms with Crippen molar-refractivity contribution >= 4 is 17.4 Å². The zero-order valence-corrected chi connectivity index (χ0v) is 14.1. The first-order valence-corrected chi connectivity index (χ1v) is 8.60. The Morgan fingerprint density at radius 2 is 2.04 bits per heavy atom.